The highest BCUT2D eigenvalue weighted by molar-refractivity contribution is 5.92. The number of anilines is 1. The van der Waals surface area contributed by atoms with Gasteiger partial charge in [-0.15, -0.1) is 6.58 Å². The molecule has 0 saturated heterocycles. The topological polar surface area (TPSA) is 68.5 Å². The van der Waals surface area contributed by atoms with Gasteiger partial charge in [0.05, 0.1) is 18.5 Å². The summed E-state index contributed by atoms with van der Waals surface area (Å²) in [6, 6.07) is 3.27. The van der Waals surface area contributed by atoms with Crippen LogP contribution < -0.4 is 5.73 Å². The number of hydrogen-bond donors (Lipinski definition) is 1. The molecule has 0 fully saturated rings. The Balaban J connectivity index is 2.75. The van der Waals surface area contributed by atoms with E-state index in [1.54, 1.807) is 30.2 Å². The second-order valence-corrected chi connectivity index (χ2v) is 3.51. The molecule has 0 bridgehead atoms. The highest BCUT2D eigenvalue weighted by Gasteiger charge is 2.15. The molecule has 0 radical (unpaired) electrons. The number of carbonyl (C=O) groups is 1. The van der Waals surface area contributed by atoms with E-state index in [4.69, 9.17) is 10.5 Å². The van der Waals surface area contributed by atoms with Crippen LogP contribution in [0.25, 0.3) is 0 Å². The maximum atomic E-state index is 12.1. The lowest BCUT2D eigenvalue weighted by atomic mass is 10.3. The van der Waals surface area contributed by atoms with Gasteiger partial charge in [0.25, 0.3) is 5.91 Å². The zero-order valence-electron chi connectivity index (χ0n) is 9.93. The monoisotopic (exact) mass is 235 g/mol. The first-order valence-electron chi connectivity index (χ1n) is 5.29. The number of nitrogens with two attached hydrogens (primary N) is 1. The maximum absolute atomic E-state index is 12.1. The van der Waals surface area contributed by atoms with E-state index in [1.165, 1.54) is 6.20 Å². The van der Waals surface area contributed by atoms with Crippen LogP contribution in [0.15, 0.2) is 31.0 Å². The van der Waals surface area contributed by atoms with Crippen molar-refractivity contribution < 1.29 is 9.53 Å². The quantitative estimate of drug-likeness (QED) is 0.745. The smallest absolute Gasteiger partial charge is 0.272 e. The summed E-state index contributed by atoms with van der Waals surface area (Å²) < 4.78 is 4.96. The summed E-state index contributed by atoms with van der Waals surface area (Å²) in [5.41, 5.74) is 6.43. The number of rotatable bonds is 6. The van der Waals surface area contributed by atoms with Gasteiger partial charge in [0.1, 0.15) is 5.69 Å². The van der Waals surface area contributed by atoms with E-state index in [0.717, 1.165) is 0 Å². The molecule has 0 aliphatic rings. The number of hydrogen-bond acceptors (Lipinski definition) is 4. The molecule has 1 rings (SSSR count). The van der Waals surface area contributed by atoms with Gasteiger partial charge >= 0.3 is 0 Å². The van der Waals surface area contributed by atoms with Crippen molar-refractivity contribution >= 4 is 11.6 Å². The predicted molar refractivity (Wildman–Crippen MR) is 66.6 cm³/mol. The summed E-state index contributed by atoms with van der Waals surface area (Å²) in [4.78, 5) is 17.7. The van der Waals surface area contributed by atoms with Crippen LogP contribution in [0.3, 0.4) is 0 Å². The third kappa shape index (κ3) is 3.88. The van der Waals surface area contributed by atoms with Crippen molar-refractivity contribution in [2.24, 2.45) is 0 Å². The molecule has 0 aliphatic heterocycles. The molecular formula is C12H17N3O2. The lowest BCUT2D eigenvalue weighted by Crippen LogP contribution is -2.34. The minimum Gasteiger partial charge on any atom is -0.397 e. The van der Waals surface area contributed by atoms with Gasteiger partial charge < -0.3 is 15.4 Å². The Hall–Kier alpha value is -1.88. The maximum Gasteiger partial charge on any atom is 0.272 e. The van der Waals surface area contributed by atoms with Gasteiger partial charge in [-0.1, -0.05) is 6.08 Å². The van der Waals surface area contributed by atoms with Crippen LogP contribution in [-0.2, 0) is 4.74 Å². The fraction of sp³-hybridized carbons (Fsp3) is 0.333. The summed E-state index contributed by atoms with van der Waals surface area (Å²) in [7, 11) is 1.60. The molecule has 5 nitrogen and oxygen atoms in total. The van der Waals surface area contributed by atoms with E-state index in [-0.39, 0.29) is 5.91 Å². The van der Waals surface area contributed by atoms with Crippen LogP contribution in [0, 0.1) is 0 Å². The molecule has 1 amide bonds. The standard InChI is InChI=1S/C12H17N3O2/c1-3-6-15(7-8-17-2)12(16)11-5-4-10(13)9-14-11/h3-5,9H,1,6-8,13H2,2H3. The normalized spacial score (nSPS) is 9.94. The first kappa shape index (κ1) is 13.2. The molecular weight excluding hydrogens is 218 g/mol. The van der Waals surface area contributed by atoms with Crippen LogP contribution in [0.2, 0.25) is 0 Å². The highest BCUT2D eigenvalue weighted by Crippen LogP contribution is 2.05. The van der Waals surface area contributed by atoms with Gasteiger partial charge in [-0.25, -0.2) is 4.98 Å². The third-order valence-electron chi connectivity index (χ3n) is 2.21. The molecule has 5 heteroatoms. The summed E-state index contributed by atoms with van der Waals surface area (Å²) in [6.45, 7) is 5.08. The molecule has 0 atom stereocenters. The number of amides is 1. The first-order chi connectivity index (χ1) is 8.19. The number of nitrogens with zero attached hydrogens (tertiary/aromatic N) is 2. The van der Waals surface area contributed by atoms with E-state index in [9.17, 15) is 4.79 Å². The third-order valence-corrected chi connectivity index (χ3v) is 2.21. The Morgan fingerprint density at radius 3 is 2.94 bits per heavy atom. The molecule has 0 aliphatic carbocycles. The Morgan fingerprint density at radius 1 is 1.65 bits per heavy atom. The minimum absolute atomic E-state index is 0.151. The average Bonchev–Trinajstić information content (AvgIpc) is 2.34. The molecule has 0 spiro atoms. The van der Waals surface area contributed by atoms with Crippen LogP contribution in [-0.4, -0.2) is 42.6 Å². The number of methoxy groups -OCH3 is 1. The SMILES string of the molecule is C=CCN(CCOC)C(=O)c1ccc(N)cn1. The van der Waals surface area contributed by atoms with Crippen molar-refractivity contribution in [3.8, 4) is 0 Å². The summed E-state index contributed by atoms with van der Waals surface area (Å²) in [5, 5.41) is 0. The van der Waals surface area contributed by atoms with Crippen LogP contribution in [0.1, 0.15) is 10.5 Å². The van der Waals surface area contributed by atoms with Gasteiger partial charge in [0.2, 0.25) is 0 Å². The second-order valence-electron chi connectivity index (χ2n) is 3.51. The van der Waals surface area contributed by atoms with Gasteiger partial charge in [-0.05, 0) is 12.1 Å². The summed E-state index contributed by atoms with van der Waals surface area (Å²) in [5.74, 6) is -0.151. The Labute approximate surface area is 101 Å². The Kier molecular flexibility index (Phi) is 5.16. The molecule has 1 heterocycles. The fourth-order valence-corrected chi connectivity index (χ4v) is 1.33. The lowest BCUT2D eigenvalue weighted by Gasteiger charge is -2.20. The van der Waals surface area contributed by atoms with Crippen molar-refractivity contribution in [2.45, 2.75) is 0 Å². The van der Waals surface area contributed by atoms with E-state index < -0.39 is 0 Å². The van der Waals surface area contributed by atoms with Gasteiger partial charge in [-0.2, -0.15) is 0 Å². The molecule has 92 valence electrons. The van der Waals surface area contributed by atoms with Gasteiger partial charge in [0.15, 0.2) is 0 Å². The van der Waals surface area contributed by atoms with Crippen molar-refractivity contribution in [2.75, 3.05) is 32.5 Å². The van der Waals surface area contributed by atoms with Crippen LogP contribution >= 0.6 is 0 Å². The first-order valence-corrected chi connectivity index (χ1v) is 5.29. The molecule has 0 saturated carbocycles. The van der Waals surface area contributed by atoms with Gasteiger partial charge in [-0.3, -0.25) is 4.79 Å². The van der Waals surface area contributed by atoms with Crippen LogP contribution in [0.4, 0.5) is 5.69 Å². The van der Waals surface area contributed by atoms with Crippen LogP contribution in [0.5, 0.6) is 0 Å². The number of aromatic nitrogens is 1. The zero-order chi connectivity index (χ0) is 12.7. The molecule has 1 aromatic rings. The van der Waals surface area contributed by atoms with Crippen molar-refractivity contribution in [1.82, 2.24) is 9.88 Å². The van der Waals surface area contributed by atoms with Crippen molar-refractivity contribution in [3.05, 3.63) is 36.7 Å². The average molecular weight is 235 g/mol. The summed E-state index contributed by atoms with van der Waals surface area (Å²) in [6.07, 6.45) is 3.14. The molecule has 1 aromatic heterocycles. The number of nitrogen functional groups attached to an aromatic ring is 1. The van der Waals surface area contributed by atoms with Gasteiger partial charge in [0, 0.05) is 20.2 Å². The van der Waals surface area contributed by atoms with Crippen molar-refractivity contribution in [1.29, 1.82) is 0 Å². The molecule has 2 N–H and O–H groups in total. The Bertz CT molecular complexity index is 376. The van der Waals surface area contributed by atoms with Crippen molar-refractivity contribution in [3.63, 3.8) is 0 Å². The minimum atomic E-state index is -0.151. The van der Waals surface area contributed by atoms with E-state index >= 15 is 0 Å². The summed E-state index contributed by atoms with van der Waals surface area (Å²) >= 11 is 0. The molecule has 0 unspecified atom stereocenters. The predicted octanol–water partition coefficient (Wildman–Crippen LogP) is 0.938. The fourth-order valence-electron chi connectivity index (χ4n) is 1.33. The number of ether oxygens (including phenoxy) is 1. The molecule has 17 heavy (non-hydrogen) atoms. The lowest BCUT2D eigenvalue weighted by molar-refractivity contribution is 0.0712. The van der Waals surface area contributed by atoms with E-state index in [2.05, 4.69) is 11.6 Å². The highest BCUT2D eigenvalue weighted by atomic mass is 16.5. The zero-order valence-corrected chi connectivity index (χ0v) is 9.93. The number of pyridine rings is 1. The molecule has 0 aromatic carbocycles. The van der Waals surface area contributed by atoms with E-state index in [1.807, 2.05) is 0 Å². The van der Waals surface area contributed by atoms with E-state index in [0.29, 0.717) is 31.1 Å². The second kappa shape index (κ2) is 6.65. The largest absolute Gasteiger partial charge is 0.397 e. The Morgan fingerprint density at radius 2 is 2.41 bits per heavy atom. The number of carbonyl (C=O) groups excluding carboxylic acids is 1.